The predicted molar refractivity (Wildman–Crippen MR) is 87.6 cm³/mol. The molecule has 0 amide bonds. The van der Waals surface area contributed by atoms with Crippen LogP contribution in [0.25, 0.3) is 5.70 Å². The number of aliphatic imine (C=N–C) groups is 2. The quantitative estimate of drug-likeness (QED) is 0.518. The van der Waals surface area contributed by atoms with Gasteiger partial charge in [0.25, 0.3) is 0 Å². The Morgan fingerprint density at radius 2 is 2.38 bits per heavy atom. The van der Waals surface area contributed by atoms with Crippen molar-refractivity contribution in [3.63, 3.8) is 0 Å². The molecule has 1 unspecified atom stereocenters. The number of aromatic nitrogens is 2. The Bertz CT molecular complexity index is 492. The van der Waals surface area contributed by atoms with Gasteiger partial charge in [-0.3, -0.25) is 0 Å². The maximum Gasteiger partial charge on any atom is 0.117 e. The van der Waals surface area contributed by atoms with Crippen molar-refractivity contribution in [2.24, 2.45) is 9.98 Å². The Morgan fingerprint density at radius 3 is 3.05 bits per heavy atom. The van der Waals surface area contributed by atoms with Crippen molar-refractivity contribution < 1.29 is 4.74 Å². The van der Waals surface area contributed by atoms with E-state index in [1.807, 2.05) is 16.5 Å². The summed E-state index contributed by atoms with van der Waals surface area (Å²) in [4.78, 5) is 14.5. The average molecular weight is 291 g/mol. The van der Waals surface area contributed by atoms with Crippen molar-refractivity contribution in [2.45, 2.75) is 32.9 Å². The number of rotatable bonds is 9. The van der Waals surface area contributed by atoms with E-state index < -0.39 is 0 Å². The van der Waals surface area contributed by atoms with Gasteiger partial charge in [0.1, 0.15) is 6.34 Å². The summed E-state index contributed by atoms with van der Waals surface area (Å²) in [5.74, 6) is 0. The first-order valence-electron chi connectivity index (χ1n) is 7.06. The summed E-state index contributed by atoms with van der Waals surface area (Å²) < 4.78 is 7.05. The number of ether oxygens (including phenoxy) is 1. The Balaban J connectivity index is 2.50. The highest BCUT2D eigenvalue weighted by Gasteiger charge is 2.04. The number of hydrogen-bond acceptors (Lipinski definition) is 3. The van der Waals surface area contributed by atoms with E-state index in [-0.39, 0.29) is 0 Å². The highest BCUT2D eigenvalue weighted by atomic mass is 16.5. The van der Waals surface area contributed by atoms with Crippen LogP contribution in [0.4, 0.5) is 0 Å². The van der Waals surface area contributed by atoms with Gasteiger partial charge in [0, 0.05) is 33.4 Å². The van der Waals surface area contributed by atoms with Gasteiger partial charge in [-0.1, -0.05) is 6.58 Å². The lowest BCUT2D eigenvalue weighted by atomic mass is 10.2. The standard InChI is InChI=1S/C15H25N5O/c1-6-20-12-16-9-15(20)14(3)18-10-17-11-19(4)13(2)7-8-21-5/h9-13H,3,6-8H2,1-2,4-5H3. The lowest BCUT2D eigenvalue weighted by molar-refractivity contribution is 0.174. The average Bonchev–Trinajstić information content (AvgIpc) is 2.97. The van der Waals surface area contributed by atoms with Crippen LogP contribution in [0.1, 0.15) is 26.0 Å². The minimum Gasteiger partial charge on any atom is -0.385 e. The van der Waals surface area contributed by atoms with E-state index in [4.69, 9.17) is 4.74 Å². The first-order valence-corrected chi connectivity index (χ1v) is 7.06. The topological polar surface area (TPSA) is 55.0 Å². The van der Waals surface area contributed by atoms with Crippen LogP contribution in [0.3, 0.4) is 0 Å². The van der Waals surface area contributed by atoms with Gasteiger partial charge in [-0.2, -0.15) is 0 Å². The molecule has 1 aromatic rings. The fourth-order valence-electron chi connectivity index (χ4n) is 1.72. The zero-order valence-electron chi connectivity index (χ0n) is 13.4. The molecule has 0 saturated heterocycles. The summed E-state index contributed by atoms with van der Waals surface area (Å²) in [6.07, 6.45) is 7.75. The Kier molecular flexibility index (Phi) is 7.39. The lowest BCUT2D eigenvalue weighted by Crippen LogP contribution is -2.28. The van der Waals surface area contributed by atoms with Crippen LogP contribution in [0.15, 0.2) is 29.1 Å². The minimum atomic E-state index is 0.367. The van der Waals surface area contributed by atoms with E-state index in [0.29, 0.717) is 11.7 Å². The van der Waals surface area contributed by atoms with Gasteiger partial charge >= 0.3 is 0 Å². The van der Waals surface area contributed by atoms with Crippen molar-refractivity contribution in [3.8, 4) is 0 Å². The van der Waals surface area contributed by atoms with Crippen LogP contribution in [-0.2, 0) is 11.3 Å². The number of hydrogen-bond donors (Lipinski definition) is 0. The summed E-state index contributed by atoms with van der Waals surface area (Å²) >= 11 is 0. The molecule has 6 heteroatoms. The number of methoxy groups -OCH3 is 1. The summed E-state index contributed by atoms with van der Waals surface area (Å²) in [5, 5.41) is 0. The molecule has 1 atom stereocenters. The first kappa shape index (κ1) is 17.1. The van der Waals surface area contributed by atoms with E-state index in [0.717, 1.165) is 25.3 Å². The van der Waals surface area contributed by atoms with Crippen LogP contribution in [-0.4, -0.2) is 53.9 Å². The molecule has 1 aromatic heterocycles. The van der Waals surface area contributed by atoms with Crippen molar-refractivity contribution in [2.75, 3.05) is 20.8 Å². The Hall–Kier alpha value is -1.95. The molecule has 0 spiro atoms. The summed E-state index contributed by atoms with van der Waals surface area (Å²) in [6, 6.07) is 0.367. The van der Waals surface area contributed by atoms with E-state index in [1.54, 1.807) is 26.0 Å². The smallest absolute Gasteiger partial charge is 0.117 e. The van der Waals surface area contributed by atoms with E-state index in [1.165, 1.54) is 6.34 Å². The van der Waals surface area contributed by atoms with E-state index in [9.17, 15) is 0 Å². The van der Waals surface area contributed by atoms with Gasteiger partial charge in [0.2, 0.25) is 0 Å². The second kappa shape index (κ2) is 9.07. The van der Waals surface area contributed by atoms with Crippen LogP contribution in [0, 0.1) is 0 Å². The maximum atomic E-state index is 5.07. The molecular formula is C15H25N5O. The van der Waals surface area contributed by atoms with Gasteiger partial charge in [-0.25, -0.2) is 15.0 Å². The molecule has 0 aliphatic rings. The third-order valence-electron chi connectivity index (χ3n) is 3.31. The highest BCUT2D eigenvalue weighted by molar-refractivity contribution is 5.76. The van der Waals surface area contributed by atoms with Crippen molar-refractivity contribution in [1.29, 1.82) is 0 Å². The van der Waals surface area contributed by atoms with Crippen molar-refractivity contribution in [1.82, 2.24) is 14.5 Å². The molecule has 0 fully saturated rings. The summed E-state index contributed by atoms with van der Waals surface area (Å²) in [6.45, 7) is 9.69. The Morgan fingerprint density at radius 1 is 1.62 bits per heavy atom. The van der Waals surface area contributed by atoms with E-state index in [2.05, 4.69) is 35.4 Å². The van der Waals surface area contributed by atoms with Gasteiger partial charge in [0.15, 0.2) is 0 Å². The lowest BCUT2D eigenvalue weighted by Gasteiger charge is -2.21. The molecule has 1 heterocycles. The van der Waals surface area contributed by atoms with Crippen molar-refractivity contribution in [3.05, 3.63) is 24.8 Å². The molecule has 0 aliphatic carbocycles. The molecule has 0 N–H and O–H groups in total. The molecule has 0 aromatic carbocycles. The van der Waals surface area contributed by atoms with Crippen LogP contribution in [0.5, 0.6) is 0 Å². The highest BCUT2D eigenvalue weighted by Crippen LogP contribution is 2.12. The molecule has 21 heavy (non-hydrogen) atoms. The van der Waals surface area contributed by atoms with Crippen LogP contribution >= 0.6 is 0 Å². The Labute approximate surface area is 126 Å². The third kappa shape index (κ3) is 5.51. The largest absolute Gasteiger partial charge is 0.385 e. The molecule has 0 bridgehead atoms. The second-order valence-electron chi connectivity index (χ2n) is 4.82. The normalized spacial score (nSPS) is 13.1. The van der Waals surface area contributed by atoms with E-state index >= 15 is 0 Å². The fourth-order valence-corrected chi connectivity index (χ4v) is 1.72. The molecule has 6 nitrogen and oxygen atoms in total. The van der Waals surface area contributed by atoms with Gasteiger partial charge in [-0.05, 0) is 20.3 Å². The molecule has 0 saturated carbocycles. The molecule has 0 radical (unpaired) electrons. The number of aryl methyl sites for hydroxylation is 1. The third-order valence-corrected chi connectivity index (χ3v) is 3.31. The van der Waals surface area contributed by atoms with Crippen LogP contribution in [0.2, 0.25) is 0 Å². The van der Waals surface area contributed by atoms with Gasteiger partial charge in [0.05, 0.1) is 30.3 Å². The number of nitrogens with zero attached hydrogens (tertiary/aromatic N) is 5. The maximum absolute atomic E-state index is 5.07. The fraction of sp³-hybridized carbons (Fsp3) is 0.533. The zero-order chi connectivity index (χ0) is 15.7. The molecule has 1 rings (SSSR count). The second-order valence-corrected chi connectivity index (χ2v) is 4.82. The van der Waals surface area contributed by atoms with Crippen LogP contribution < -0.4 is 0 Å². The predicted octanol–water partition coefficient (Wildman–Crippen LogP) is 2.29. The SMILES string of the molecule is C=C(N=CN=CN(C)C(C)CCOC)c1cncn1CC. The first-order chi connectivity index (χ1) is 10.1. The molecule has 116 valence electrons. The minimum absolute atomic E-state index is 0.367. The van der Waals surface area contributed by atoms with Gasteiger partial charge in [-0.15, -0.1) is 0 Å². The molecular weight excluding hydrogens is 266 g/mol. The summed E-state index contributed by atoms with van der Waals surface area (Å²) in [7, 11) is 3.69. The molecule has 0 aliphatic heterocycles. The van der Waals surface area contributed by atoms with Gasteiger partial charge < -0.3 is 14.2 Å². The monoisotopic (exact) mass is 291 g/mol. The number of imidazole rings is 1. The zero-order valence-corrected chi connectivity index (χ0v) is 13.4. The van der Waals surface area contributed by atoms with Crippen molar-refractivity contribution >= 4 is 18.4 Å². The summed E-state index contributed by atoms with van der Waals surface area (Å²) in [5.41, 5.74) is 1.56.